The lowest BCUT2D eigenvalue weighted by Crippen LogP contribution is -2.25. The molecule has 3 aromatic heterocycles. The molecule has 126 valence electrons. The second-order valence-corrected chi connectivity index (χ2v) is 6.07. The van der Waals surface area contributed by atoms with E-state index in [2.05, 4.69) is 19.9 Å². The first-order valence-corrected chi connectivity index (χ1v) is 7.93. The molecule has 0 aliphatic carbocycles. The van der Waals surface area contributed by atoms with Crippen molar-refractivity contribution in [1.29, 1.82) is 0 Å². The minimum absolute atomic E-state index is 0.248. The van der Waals surface area contributed by atoms with Crippen LogP contribution in [0, 0.1) is 0 Å². The molecule has 24 heavy (non-hydrogen) atoms. The molecular formula is C16H19FN6O. The highest BCUT2D eigenvalue weighted by atomic mass is 19.1. The molecule has 7 nitrogen and oxygen atoms in total. The number of aromatic nitrogens is 5. The molecule has 0 saturated carbocycles. The maximum atomic E-state index is 14.2. The molecule has 1 saturated heterocycles. The van der Waals surface area contributed by atoms with Gasteiger partial charge in [-0.1, -0.05) is 0 Å². The number of halogens is 1. The minimum Gasteiger partial charge on any atom is -0.366 e. The van der Waals surface area contributed by atoms with Crippen LogP contribution in [0.2, 0.25) is 0 Å². The molecule has 1 aliphatic heterocycles. The van der Waals surface area contributed by atoms with Gasteiger partial charge in [0.15, 0.2) is 5.65 Å². The number of hydrogen-bond acceptors (Lipinski definition) is 5. The molecule has 0 bridgehead atoms. The van der Waals surface area contributed by atoms with Gasteiger partial charge in [-0.15, -0.1) is 0 Å². The summed E-state index contributed by atoms with van der Waals surface area (Å²) in [6.07, 6.45) is 3.88. The molecule has 1 fully saturated rings. The van der Waals surface area contributed by atoms with Crippen LogP contribution in [0.5, 0.6) is 0 Å². The van der Waals surface area contributed by atoms with Gasteiger partial charge in [-0.05, 0) is 12.1 Å². The van der Waals surface area contributed by atoms with Crippen LogP contribution in [0.1, 0.15) is 11.6 Å². The standard InChI is InChI=1S/C16H19FN6O/c1-22-6-5-18-15(22)9-23-7-11(17)13(8-23)24-10-14-20-12-3-2-4-19-16(12)21-14/h2-6,11,13H,7-10H2,1H3,(H,19,20,21)/t11-,13+/m1/s1. The van der Waals surface area contributed by atoms with Crippen molar-refractivity contribution in [1.82, 2.24) is 29.4 Å². The van der Waals surface area contributed by atoms with Gasteiger partial charge in [-0.2, -0.15) is 0 Å². The first kappa shape index (κ1) is 15.2. The van der Waals surface area contributed by atoms with Gasteiger partial charge in [0.05, 0.1) is 12.1 Å². The van der Waals surface area contributed by atoms with E-state index in [-0.39, 0.29) is 6.61 Å². The Morgan fingerprint density at radius 3 is 3.04 bits per heavy atom. The molecule has 8 heteroatoms. The van der Waals surface area contributed by atoms with Gasteiger partial charge in [0.2, 0.25) is 0 Å². The Hall–Kier alpha value is -2.32. The van der Waals surface area contributed by atoms with Gasteiger partial charge in [0, 0.05) is 38.7 Å². The van der Waals surface area contributed by atoms with Crippen LogP contribution in [-0.2, 0) is 24.9 Å². The Balaban J connectivity index is 1.35. The van der Waals surface area contributed by atoms with E-state index in [4.69, 9.17) is 4.74 Å². The molecule has 0 amide bonds. The molecular weight excluding hydrogens is 311 g/mol. The highest BCUT2D eigenvalue weighted by molar-refractivity contribution is 5.69. The number of fused-ring (bicyclic) bond motifs is 1. The topological polar surface area (TPSA) is 71.9 Å². The van der Waals surface area contributed by atoms with E-state index < -0.39 is 12.3 Å². The highest BCUT2D eigenvalue weighted by Gasteiger charge is 2.34. The third-order valence-corrected chi connectivity index (χ3v) is 4.30. The van der Waals surface area contributed by atoms with Crippen molar-refractivity contribution in [3.05, 3.63) is 42.4 Å². The molecule has 4 heterocycles. The zero-order valence-electron chi connectivity index (χ0n) is 13.4. The molecule has 0 spiro atoms. The first-order valence-electron chi connectivity index (χ1n) is 7.93. The van der Waals surface area contributed by atoms with E-state index in [0.29, 0.717) is 31.1 Å². The largest absolute Gasteiger partial charge is 0.366 e. The number of aromatic amines is 1. The summed E-state index contributed by atoms with van der Waals surface area (Å²) in [4.78, 5) is 18.0. The first-order chi connectivity index (χ1) is 11.7. The molecule has 0 radical (unpaired) electrons. The van der Waals surface area contributed by atoms with Gasteiger partial charge in [-0.25, -0.2) is 19.3 Å². The molecule has 0 unspecified atom stereocenters. The average molecular weight is 330 g/mol. The van der Waals surface area contributed by atoms with Crippen LogP contribution >= 0.6 is 0 Å². The predicted octanol–water partition coefficient (Wildman–Crippen LogP) is 1.43. The number of ether oxygens (including phenoxy) is 1. The Bertz CT molecular complexity index is 798. The molecule has 4 rings (SSSR count). The summed E-state index contributed by atoms with van der Waals surface area (Å²) in [5.41, 5.74) is 1.51. The lowest BCUT2D eigenvalue weighted by molar-refractivity contribution is 0.00856. The fourth-order valence-corrected chi connectivity index (χ4v) is 2.99. The summed E-state index contributed by atoms with van der Waals surface area (Å²) >= 11 is 0. The van der Waals surface area contributed by atoms with Crippen molar-refractivity contribution >= 4 is 11.2 Å². The lowest BCUT2D eigenvalue weighted by Gasteiger charge is -2.15. The lowest BCUT2D eigenvalue weighted by atomic mass is 10.3. The summed E-state index contributed by atoms with van der Waals surface area (Å²) in [5.74, 6) is 1.59. The number of likely N-dealkylation sites (tertiary alicyclic amines) is 1. The smallest absolute Gasteiger partial charge is 0.177 e. The maximum absolute atomic E-state index is 14.2. The third-order valence-electron chi connectivity index (χ3n) is 4.30. The van der Waals surface area contributed by atoms with Crippen molar-refractivity contribution in [2.45, 2.75) is 25.4 Å². The SMILES string of the molecule is Cn1ccnc1CN1C[C@@H](F)[C@@H](OCc2nc3ncccc3[nH]2)C1. The maximum Gasteiger partial charge on any atom is 0.177 e. The quantitative estimate of drug-likeness (QED) is 0.766. The number of nitrogens with one attached hydrogen (secondary N) is 1. The Labute approximate surface area is 138 Å². The number of H-pyrrole nitrogens is 1. The molecule has 0 aromatic carbocycles. The van der Waals surface area contributed by atoms with Crippen molar-refractivity contribution in [2.75, 3.05) is 13.1 Å². The minimum atomic E-state index is -1.01. The zero-order valence-corrected chi connectivity index (χ0v) is 13.4. The molecule has 1 aliphatic rings. The van der Waals surface area contributed by atoms with Crippen LogP contribution < -0.4 is 0 Å². The van der Waals surface area contributed by atoms with Crippen molar-refractivity contribution < 1.29 is 9.13 Å². The number of nitrogens with zero attached hydrogens (tertiary/aromatic N) is 5. The summed E-state index contributed by atoms with van der Waals surface area (Å²) < 4.78 is 21.9. The van der Waals surface area contributed by atoms with E-state index in [9.17, 15) is 4.39 Å². The number of aryl methyl sites for hydroxylation is 1. The Morgan fingerprint density at radius 1 is 1.33 bits per heavy atom. The fourth-order valence-electron chi connectivity index (χ4n) is 2.99. The van der Waals surface area contributed by atoms with Gasteiger partial charge < -0.3 is 14.3 Å². The summed E-state index contributed by atoms with van der Waals surface area (Å²) in [5, 5.41) is 0. The van der Waals surface area contributed by atoms with E-state index in [1.807, 2.05) is 34.8 Å². The van der Waals surface area contributed by atoms with Gasteiger partial charge in [0.1, 0.15) is 30.5 Å². The second-order valence-electron chi connectivity index (χ2n) is 6.07. The number of pyridine rings is 1. The van der Waals surface area contributed by atoms with Gasteiger partial charge in [0.25, 0.3) is 0 Å². The van der Waals surface area contributed by atoms with E-state index in [1.165, 1.54) is 0 Å². The predicted molar refractivity (Wildman–Crippen MR) is 85.8 cm³/mol. The molecule has 2 atom stereocenters. The number of alkyl halides is 1. The second kappa shape index (κ2) is 6.29. The summed E-state index contributed by atoms with van der Waals surface area (Å²) in [6, 6.07) is 3.75. The normalized spacial score (nSPS) is 21.8. The van der Waals surface area contributed by atoms with Crippen LogP contribution in [0.25, 0.3) is 11.2 Å². The van der Waals surface area contributed by atoms with Crippen molar-refractivity contribution in [3.8, 4) is 0 Å². The highest BCUT2D eigenvalue weighted by Crippen LogP contribution is 2.20. The van der Waals surface area contributed by atoms with Crippen LogP contribution in [-0.4, -0.2) is 54.8 Å². The zero-order chi connectivity index (χ0) is 16.5. The Kier molecular flexibility index (Phi) is 3.99. The fraction of sp³-hybridized carbons (Fsp3) is 0.438. The molecule has 1 N–H and O–H groups in total. The number of rotatable bonds is 5. The summed E-state index contributed by atoms with van der Waals surface area (Å²) in [7, 11) is 1.94. The average Bonchev–Trinajstić information content (AvgIpc) is 3.25. The molecule has 3 aromatic rings. The number of imidazole rings is 2. The monoisotopic (exact) mass is 330 g/mol. The summed E-state index contributed by atoms with van der Waals surface area (Å²) in [6.45, 7) is 1.78. The van der Waals surface area contributed by atoms with E-state index in [1.54, 1.807) is 12.4 Å². The Morgan fingerprint density at radius 2 is 2.25 bits per heavy atom. The van der Waals surface area contributed by atoms with Crippen LogP contribution in [0.15, 0.2) is 30.7 Å². The van der Waals surface area contributed by atoms with E-state index >= 15 is 0 Å². The van der Waals surface area contributed by atoms with Crippen molar-refractivity contribution in [3.63, 3.8) is 0 Å². The van der Waals surface area contributed by atoms with Gasteiger partial charge in [-0.3, -0.25) is 4.90 Å². The van der Waals surface area contributed by atoms with Gasteiger partial charge >= 0.3 is 0 Å². The van der Waals surface area contributed by atoms with Crippen molar-refractivity contribution in [2.24, 2.45) is 7.05 Å². The van der Waals surface area contributed by atoms with Crippen LogP contribution in [0.4, 0.5) is 4.39 Å². The van der Waals surface area contributed by atoms with E-state index in [0.717, 1.165) is 11.3 Å². The number of hydrogen-bond donors (Lipinski definition) is 1. The third kappa shape index (κ3) is 3.02. The van der Waals surface area contributed by atoms with Crippen LogP contribution in [0.3, 0.4) is 0 Å².